The molecule has 34 heavy (non-hydrogen) atoms. The monoisotopic (exact) mass is 485 g/mol. The van der Waals surface area contributed by atoms with Gasteiger partial charge < -0.3 is 19.5 Å². The molecule has 1 N–H and O–H groups in total. The second kappa shape index (κ2) is 10.9. The van der Waals surface area contributed by atoms with Gasteiger partial charge in [-0.1, -0.05) is 23.7 Å². The van der Waals surface area contributed by atoms with Crippen LogP contribution in [0.4, 0.5) is 0 Å². The molecule has 1 aromatic heterocycles. The topological polar surface area (TPSA) is 90.7 Å². The number of hydrogen-bond donors (Lipinski definition) is 1. The summed E-state index contributed by atoms with van der Waals surface area (Å²) in [6.45, 7) is 4.96. The van der Waals surface area contributed by atoms with Crippen molar-refractivity contribution in [1.29, 1.82) is 0 Å². The van der Waals surface area contributed by atoms with Crippen LogP contribution >= 0.6 is 11.6 Å². The maximum atomic E-state index is 13.1. The van der Waals surface area contributed by atoms with Gasteiger partial charge >= 0.3 is 0 Å². The summed E-state index contributed by atoms with van der Waals surface area (Å²) in [5.74, 6) is 1.01. The van der Waals surface area contributed by atoms with E-state index in [0.717, 1.165) is 18.7 Å². The molecular formula is C24H28ClN5O4. The predicted octanol–water partition coefficient (Wildman–Crippen LogP) is 3.05. The highest BCUT2D eigenvalue weighted by Gasteiger charge is 2.25. The number of nitrogens with one attached hydrogen (secondary N) is 1. The van der Waals surface area contributed by atoms with Crippen molar-refractivity contribution in [3.63, 3.8) is 0 Å². The van der Waals surface area contributed by atoms with Crippen LogP contribution < -0.4 is 14.8 Å². The maximum absolute atomic E-state index is 13.1. The number of hydrogen-bond acceptors (Lipinski definition) is 7. The number of aromatic nitrogens is 3. The number of nitrogens with zero attached hydrogens (tertiary/aromatic N) is 4. The van der Waals surface area contributed by atoms with Crippen LogP contribution in [-0.4, -0.2) is 72.9 Å². The van der Waals surface area contributed by atoms with E-state index in [2.05, 4.69) is 20.4 Å². The summed E-state index contributed by atoms with van der Waals surface area (Å²) in [7, 11) is 3.22. The summed E-state index contributed by atoms with van der Waals surface area (Å²) in [6, 6.07) is 12.9. The smallest absolute Gasteiger partial charge is 0.273 e. The zero-order valence-electron chi connectivity index (χ0n) is 19.5. The van der Waals surface area contributed by atoms with Crippen molar-refractivity contribution in [2.45, 2.75) is 13.0 Å². The molecule has 2 aromatic carbocycles. The number of aryl methyl sites for hydroxylation is 1. The summed E-state index contributed by atoms with van der Waals surface area (Å²) >= 11 is 6.08. The minimum Gasteiger partial charge on any atom is -0.493 e. The molecule has 1 unspecified atom stereocenters. The number of morpholine rings is 1. The van der Waals surface area contributed by atoms with E-state index in [1.807, 2.05) is 30.3 Å². The molecule has 0 bridgehead atoms. The molecule has 0 radical (unpaired) electrons. The quantitative estimate of drug-likeness (QED) is 0.524. The van der Waals surface area contributed by atoms with Crippen molar-refractivity contribution >= 4 is 17.5 Å². The van der Waals surface area contributed by atoms with E-state index in [1.165, 1.54) is 4.80 Å². The first-order chi connectivity index (χ1) is 16.5. The molecule has 4 rings (SSSR count). The van der Waals surface area contributed by atoms with E-state index in [0.29, 0.717) is 47.7 Å². The molecule has 2 heterocycles. The Labute approximate surface area is 203 Å². The molecule has 1 amide bonds. The van der Waals surface area contributed by atoms with Gasteiger partial charge in [0.15, 0.2) is 17.2 Å². The summed E-state index contributed by atoms with van der Waals surface area (Å²) in [6.07, 6.45) is 0. The number of rotatable bonds is 8. The summed E-state index contributed by atoms with van der Waals surface area (Å²) in [5.41, 5.74) is 2.50. The third kappa shape index (κ3) is 5.32. The lowest BCUT2D eigenvalue weighted by atomic mass is 10.0. The van der Waals surface area contributed by atoms with Crippen molar-refractivity contribution in [3.05, 3.63) is 64.4 Å². The van der Waals surface area contributed by atoms with E-state index < -0.39 is 0 Å². The third-order valence-corrected chi connectivity index (χ3v) is 6.01. The number of ether oxygens (including phenoxy) is 3. The number of amides is 1. The number of carbonyl (C=O) groups excluding carboxylic acids is 1. The summed E-state index contributed by atoms with van der Waals surface area (Å²) in [4.78, 5) is 16.8. The number of halogens is 1. The predicted molar refractivity (Wildman–Crippen MR) is 128 cm³/mol. The zero-order valence-corrected chi connectivity index (χ0v) is 20.2. The third-order valence-electron chi connectivity index (χ3n) is 5.77. The standard InChI is InChI=1S/C24H28ClN5O4/c1-16-23(28-30(27-16)19-6-4-5-18(25)14-19)24(31)26-15-20(29-9-11-34-12-10-29)17-7-8-21(32-2)22(13-17)33-3/h4-8,13-14,20H,9-12,15H2,1-3H3,(H,26,31). The Morgan fingerprint density at radius 2 is 1.88 bits per heavy atom. The van der Waals surface area contributed by atoms with Crippen molar-refractivity contribution in [2.75, 3.05) is 47.1 Å². The molecule has 180 valence electrons. The van der Waals surface area contributed by atoms with Crippen LogP contribution in [0.1, 0.15) is 27.8 Å². The van der Waals surface area contributed by atoms with Crippen LogP contribution in [0.15, 0.2) is 42.5 Å². The lowest BCUT2D eigenvalue weighted by Crippen LogP contribution is -2.44. The van der Waals surface area contributed by atoms with Crippen LogP contribution in [-0.2, 0) is 4.74 Å². The first-order valence-electron chi connectivity index (χ1n) is 11.0. The Morgan fingerprint density at radius 1 is 1.12 bits per heavy atom. The van der Waals surface area contributed by atoms with Crippen LogP contribution in [0.3, 0.4) is 0 Å². The Bertz CT molecular complexity index is 1150. The lowest BCUT2D eigenvalue weighted by molar-refractivity contribution is 0.0161. The van der Waals surface area contributed by atoms with Crippen molar-refractivity contribution < 1.29 is 19.0 Å². The first-order valence-corrected chi connectivity index (χ1v) is 11.4. The van der Waals surface area contributed by atoms with Crippen molar-refractivity contribution in [1.82, 2.24) is 25.2 Å². The Balaban J connectivity index is 1.54. The van der Waals surface area contributed by atoms with Crippen LogP contribution in [0.25, 0.3) is 5.69 Å². The average molecular weight is 486 g/mol. The lowest BCUT2D eigenvalue weighted by Gasteiger charge is -2.35. The van der Waals surface area contributed by atoms with E-state index in [-0.39, 0.29) is 17.6 Å². The molecule has 0 spiro atoms. The molecule has 1 aliphatic rings. The average Bonchev–Trinajstić information content (AvgIpc) is 3.26. The zero-order chi connectivity index (χ0) is 24.1. The highest BCUT2D eigenvalue weighted by molar-refractivity contribution is 6.30. The Kier molecular flexibility index (Phi) is 7.66. The van der Waals surface area contributed by atoms with Crippen LogP contribution in [0.5, 0.6) is 11.5 Å². The first kappa shape index (κ1) is 24.0. The highest BCUT2D eigenvalue weighted by atomic mass is 35.5. The van der Waals surface area contributed by atoms with Gasteiger partial charge in [-0.15, -0.1) is 5.10 Å². The number of methoxy groups -OCH3 is 2. The second-order valence-electron chi connectivity index (χ2n) is 7.89. The fourth-order valence-electron chi connectivity index (χ4n) is 3.98. The minimum atomic E-state index is -0.287. The van der Waals surface area contributed by atoms with E-state index in [9.17, 15) is 4.79 Å². The normalized spacial score (nSPS) is 15.1. The van der Waals surface area contributed by atoms with Gasteiger partial charge in [0, 0.05) is 24.7 Å². The molecule has 9 nitrogen and oxygen atoms in total. The highest BCUT2D eigenvalue weighted by Crippen LogP contribution is 2.32. The van der Waals surface area contributed by atoms with Gasteiger partial charge in [-0.3, -0.25) is 9.69 Å². The molecule has 10 heteroatoms. The molecule has 1 atom stereocenters. The molecular weight excluding hydrogens is 458 g/mol. The van der Waals surface area contributed by atoms with Gasteiger partial charge in [0.1, 0.15) is 0 Å². The van der Waals surface area contributed by atoms with Gasteiger partial charge in [0.2, 0.25) is 0 Å². The van der Waals surface area contributed by atoms with Crippen LogP contribution in [0.2, 0.25) is 5.02 Å². The maximum Gasteiger partial charge on any atom is 0.273 e. The fourth-order valence-corrected chi connectivity index (χ4v) is 4.17. The van der Waals surface area contributed by atoms with Gasteiger partial charge in [-0.25, -0.2) is 0 Å². The van der Waals surface area contributed by atoms with Gasteiger partial charge in [0.25, 0.3) is 5.91 Å². The largest absolute Gasteiger partial charge is 0.493 e. The SMILES string of the molecule is COc1ccc(C(CNC(=O)c2nn(-c3cccc(Cl)c3)nc2C)N2CCOCC2)cc1OC. The molecule has 3 aromatic rings. The summed E-state index contributed by atoms with van der Waals surface area (Å²) in [5, 5.41) is 12.4. The van der Waals surface area contributed by atoms with Crippen molar-refractivity contribution in [3.8, 4) is 17.2 Å². The van der Waals surface area contributed by atoms with E-state index in [4.69, 9.17) is 25.8 Å². The minimum absolute atomic E-state index is 0.0732. The number of benzene rings is 2. The van der Waals surface area contributed by atoms with E-state index >= 15 is 0 Å². The van der Waals surface area contributed by atoms with Gasteiger partial charge in [-0.05, 0) is 42.8 Å². The molecule has 1 fully saturated rings. The van der Waals surface area contributed by atoms with Gasteiger partial charge in [0.05, 0.1) is 44.9 Å². The second-order valence-corrected chi connectivity index (χ2v) is 8.33. The Hall–Kier alpha value is -3.14. The van der Waals surface area contributed by atoms with Crippen molar-refractivity contribution in [2.24, 2.45) is 0 Å². The molecule has 1 aliphatic heterocycles. The molecule has 0 saturated carbocycles. The Morgan fingerprint density at radius 3 is 2.59 bits per heavy atom. The fraction of sp³-hybridized carbons (Fsp3) is 0.375. The molecule has 1 saturated heterocycles. The number of carbonyl (C=O) groups is 1. The van der Waals surface area contributed by atoms with Gasteiger partial charge in [-0.2, -0.15) is 9.90 Å². The molecule has 0 aliphatic carbocycles. The summed E-state index contributed by atoms with van der Waals surface area (Å²) < 4.78 is 16.4. The van der Waals surface area contributed by atoms with E-state index in [1.54, 1.807) is 33.3 Å². The van der Waals surface area contributed by atoms with Crippen LogP contribution in [0, 0.1) is 6.92 Å².